The Morgan fingerprint density at radius 3 is 1.70 bits per heavy atom. The number of fused-ring (bicyclic) bond motifs is 5. The van der Waals surface area contributed by atoms with E-state index in [1.54, 1.807) is 12.2 Å². The third-order valence-electron chi connectivity index (χ3n) is 17.6. The number of carbonyl (C=O) groups is 2. The van der Waals surface area contributed by atoms with Crippen LogP contribution in [-0.4, -0.2) is 249 Å². The van der Waals surface area contributed by atoms with Crippen molar-refractivity contribution in [3.8, 4) is 0 Å². The van der Waals surface area contributed by atoms with Gasteiger partial charge in [-0.25, -0.2) is 0 Å². The van der Waals surface area contributed by atoms with Crippen LogP contribution in [0.25, 0.3) is 0 Å². The van der Waals surface area contributed by atoms with Crippen molar-refractivity contribution < 1.29 is 112 Å². The molecule has 33 heteroatoms. The summed E-state index contributed by atoms with van der Waals surface area (Å²) in [6.07, 6.45) is -12.9. The van der Waals surface area contributed by atoms with E-state index in [1.165, 1.54) is 13.8 Å². The number of hydrogen-bond donors (Lipinski definition) is 19. The lowest BCUT2D eigenvalue weighted by Crippen LogP contribution is -2.68. The molecule has 3 saturated heterocycles. The molecule has 4 saturated carbocycles. The topological polar surface area (TPSA) is 543 Å². The van der Waals surface area contributed by atoms with Crippen LogP contribution in [0.4, 0.5) is 0 Å². The minimum atomic E-state index is -4.67. The van der Waals surface area contributed by atoms with E-state index in [-0.39, 0.29) is 54.4 Å². The number of halogens is 3. The fourth-order valence-corrected chi connectivity index (χ4v) is 13.1. The third-order valence-corrected chi connectivity index (χ3v) is 19.0. The van der Waals surface area contributed by atoms with Crippen LogP contribution in [0.1, 0.15) is 66.7 Å². The van der Waals surface area contributed by atoms with Crippen molar-refractivity contribution in [3.63, 3.8) is 0 Å². The number of nitrogens with two attached hydrogens (primary N) is 6. The van der Waals surface area contributed by atoms with E-state index in [1.807, 2.05) is 13.0 Å². The highest BCUT2D eigenvalue weighted by atomic mass is 35.6. The maximum absolute atomic E-state index is 12.4. The van der Waals surface area contributed by atoms with Gasteiger partial charge in [0.1, 0.15) is 85.0 Å². The van der Waals surface area contributed by atoms with Crippen LogP contribution in [0.2, 0.25) is 0 Å². The van der Waals surface area contributed by atoms with E-state index in [9.17, 15) is 60.7 Å². The highest BCUT2D eigenvalue weighted by molar-refractivity contribution is 7.79. The number of Topliss-reactive ketones (excluding diaryl/α,β-unsaturated/α-hetero) is 1. The van der Waals surface area contributed by atoms with Crippen LogP contribution < -0.4 is 34.4 Å². The fraction of sp³-hybridized carbons (Fsp3) is 0.878. The Morgan fingerprint density at radius 2 is 1.23 bits per heavy atom. The summed E-state index contributed by atoms with van der Waals surface area (Å²) in [7, 11) is -4.67. The van der Waals surface area contributed by atoms with Crippen molar-refractivity contribution in [2.45, 2.75) is 204 Å². The summed E-state index contributed by atoms with van der Waals surface area (Å²) in [5.74, 6) is -0.0768. The summed E-state index contributed by atoms with van der Waals surface area (Å²) < 4.78 is 64.6. The number of rotatable bonds is 11. The van der Waals surface area contributed by atoms with E-state index in [4.69, 9.17) is 120 Å². The van der Waals surface area contributed by atoms with Gasteiger partial charge >= 0.3 is 10.4 Å². The van der Waals surface area contributed by atoms with Crippen molar-refractivity contribution in [3.05, 3.63) is 23.8 Å². The van der Waals surface area contributed by atoms with Crippen LogP contribution in [0.3, 0.4) is 0 Å². The van der Waals surface area contributed by atoms with Gasteiger partial charge in [-0.2, -0.15) is 8.42 Å². The van der Waals surface area contributed by atoms with Gasteiger partial charge in [-0.15, -0.1) is 0 Å². The van der Waals surface area contributed by atoms with Gasteiger partial charge in [-0.05, 0) is 75.9 Å². The molecule has 3 aliphatic heterocycles. The van der Waals surface area contributed by atoms with Gasteiger partial charge in [0.15, 0.2) is 30.4 Å². The molecular weight excluding hydrogens is 1180 g/mol. The minimum absolute atomic E-state index is 0.00620. The second kappa shape index (κ2) is 27.6. The lowest BCUT2D eigenvalue weighted by atomic mass is 9.45. The van der Waals surface area contributed by atoms with Crippen molar-refractivity contribution in [1.82, 2.24) is 0 Å². The number of hydrogen-bond acceptors (Lipinski definition) is 27. The van der Waals surface area contributed by atoms with Crippen LogP contribution in [0, 0.1) is 34.5 Å². The molecule has 82 heavy (non-hydrogen) atoms. The molecule has 476 valence electrons. The summed E-state index contributed by atoms with van der Waals surface area (Å²) in [6, 6.07) is -4.18. The van der Waals surface area contributed by atoms with Gasteiger partial charge in [0, 0.05) is 41.9 Å². The van der Waals surface area contributed by atoms with Crippen molar-refractivity contribution in [1.29, 1.82) is 0 Å². The average molecular weight is 1260 g/mol. The zero-order valence-electron chi connectivity index (χ0n) is 45.9. The number of ether oxygens (including phenoxy) is 6. The first-order valence-corrected chi connectivity index (χ1v) is 29.2. The van der Waals surface area contributed by atoms with Gasteiger partial charge in [-0.1, -0.05) is 67.2 Å². The highest BCUT2D eigenvalue weighted by Gasteiger charge is 2.68. The number of aliphatic hydroxyl groups is 11. The quantitative estimate of drug-likeness (QED) is 0.0677. The second-order valence-corrected chi connectivity index (χ2v) is 26.6. The molecule has 7 fully saturated rings. The standard InChI is InChI=1S/C23H46N6O13.C22H30O5.C4H7Cl3O.H2O4S/c24-2-7-13(32)15(34)10(28)21(37-7)40-18-6(27)1-5(26)12(31)20(18)42-23-17(36)19(9(4-30)39-23)41-22-11(29)16(35)14(33)8(3-25)38-22;1-12-8-14-15-5-7-22(27,18(26)11-23)21(15,3)10-17(25)19(14)20(2)6-4-13(24)9-16(12)20;1-3(2,8)4(5,6)7;1-5(2,3)4/h5-23,30-36H,1-4,24-29H2;4,6,9,12,14-15,17,19,23,25,27H,5,7-8,10-11H2,1-3H3;8H,1-2H3;(H2,1,2,3,4)/t5-,6+,7-,8+,9-,10-,11-,12+,13-,14-,15-,16-,17-,18-,19-,20-,21-,22-,23+;12-,14-,15-,17-,19+,20-,21-,22-;;/m10../s1. The predicted octanol–water partition coefficient (Wildman–Crippen LogP) is -5.62. The zero-order chi connectivity index (χ0) is 62.3. The number of carbonyl (C=O) groups excluding carboxylic acids is 2. The largest absolute Gasteiger partial charge is 0.394 e. The van der Waals surface area contributed by atoms with Crippen LogP contribution in [-0.2, 0) is 48.4 Å². The van der Waals surface area contributed by atoms with E-state index in [0.29, 0.717) is 12.8 Å². The van der Waals surface area contributed by atoms with Crippen LogP contribution in [0.15, 0.2) is 23.8 Å². The Labute approximate surface area is 489 Å². The monoisotopic (exact) mass is 1260 g/mol. The minimum Gasteiger partial charge on any atom is -0.394 e. The molecule has 0 radical (unpaired) electrons. The zero-order valence-corrected chi connectivity index (χ0v) is 48.9. The summed E-state index contributed by atoms with van der Waals surface area (Å²) >= 11 is 15.9. The van der Waals surface area contributed by atoms with Crippen LogP contribution >= 0.6 is 34.8 Å². The molecule has 27 atom stereocenters. The van der Waals surface area contributed by atoms with Gasteiger partial charge in [0.2, 0.25) is 3.79 Å². The maximum atomic E-state index is 12.4. The first-order valence-electron chi connectivity index (χ1n) is 26.7. The Hall–Kier alpha value is -1.36. The van der Waals surface area contributed by atoms with E-state index < -0.39 is 172 Å². The Balaban J connectivity index is 0.000000260. The second-order valence-electron chi connectivity index (χ2n) is 23.5. The lowest BCUT2D eigenvalue weighted by Gasteiger charge is -2.60. The molecule has 3 heterocycles. The summed E-state index contributed by atoms with van der Waals surface area (Å²) in [6.45, 7) is 7.38. The molecule has 0 spiro atoms. The Bertz CT molecular complexity index is 2330. The SMILES string of the molecule is CC(C)(O)C(Cl)(Cl)Cl.C[C@H]1C[C@@H]2[C@H]([C@@H](O)C[C@@]3(C)[C@H]2CC[C@]3(O)C(=O)CO)[C@@]2(C)C=CC(=O)C=C12.NC[C@@H]1O[C@H](O[C@H]2[C@@H](O)[C@H](O[C@@H]3[C@@H](O)[C@H](N)C[C@H](N)[C@H]3O[C@H]3O[C@H](CN)[C@@H](O)[C@H](O)[C@H]3N)O[C@@H]2CO)[C@H](N)[C@@H](O)[C@@H]1O.O=S(=O)(O)O. The van der Waals surface area contributed by atoms with Crippen molar-refractivity contribution in [2.24, 2.45) is 68.9 Å². The number of alkyl halides is 3. The molecule has 29 nitrogen and oxygen atoms in total. The lowest BCUT2D eigenvalue weighted by molar-refractivity contribution is -0.306. The first kappa shape index (κ1) is 71.4. The van der Waals surface area contributed by atoms with Crippen molar-refractivity contribution in [2.75, 3.05) is 26.3 Å². The molecule has 25 N–H and O–H groups in total. The number of aliphatic hydroxyl groups excluding tert-OH is 9. The molecule has 0 bridgehead atoms. The molecule has 0 unspecified atom stereocenters. The van der Waals surface area contributed by atoms with E-state index in [2.05, 4.69) is 13.8 Å². The van der Waals surface area contributed by atoms with Gasteiger partial charge in [0.05, 0.1) is 30.9 Å². The molecule has 0 amide bonds. The van der Waals surface area contributed by atoms with Crippen LogP contribution in [0.5, 0.6) is 0 Å². The summed E-state index contributed by atoms with van der Waals surface area (Å²) in [4.78, 5) is 24.4. The summed E-state index contributed by atoms with van der Waals surface area (Å²) in [5.41, 5.74) is 32.8. The van der Waals surface area contributed by atoms with Gasteiger partial charge in [0.25, 0.3) is 0 Å². The maximum Gasteiger partial charge on any atom is 0.394 e. The number of ketones is 2. The first-order chi connectivity index (χ1) is 37.7. The smallest absolute Gasteiger partial charge is 0.394 e. The molecule has 5 aliphatic carbocycles. The average Bonchev–Trinajstić information content (AvgIpc) is 3.96. The molecule has 8 rings (SSSR count). The normalized spacial score (nSPS) is 46.5. The van der Waals surface area contributed by atoms with E-state index in [0.717, 1.165) is 18.4 Å². The van der Waals surface area contributed by atoms with E-state index >= 15 is 0 Å². The Kier molecular flexibility index (Phi) is 24.0. The van der Waals surface area contributed by atoms with Gasteiger partial charge in [-0.3, -0.25) is 18.7 Å². The summed E-state index contributed by atoms with van der Waals surface area (Å²) in [5, 5.41) is 114. The fourth-order valence-electron chi connectivity index (χ4n) is 13.1. The molecule has 0 aromatic heterocycles. The van der Waals surface area contributed by atoms with Crippen molar-refractivity contribution >= 4 is 56.8 Å². The molecule has 8 aliphatic rings. The predicted molar refractivity (Wildman–Crippen MR) is 289 cm³/mol. The Morgan fingerprint density at radius 1 is 0.756 bits per heavy atom. The van der Waals surface area contributed by atoms with Gasteiger partial charge < -0.3 is 119 Å². The highest BCUT2D eigenvalue weighted by Crippen LogP contribution is 2.68. The number of allylic oxidation sites excluding steroid dienone is 4. The molecule has 0 aromatic rings. The third kappa shape index (κ3) is 15.0. The molecular formula is C49H85Cl3N6O23S. The molecule has 0 aromatic carbocycles.